The number of rotatable bonds is 5. The van der Waals surface area contributed by atoms with Gasteiger partial charge in [0.15, 0.2) is 11.5 Å². The summed E-state index contributed by atoms with van der Waals surface area (Å²) in [5, 5.41) is 5.44. The Morgan fingerprint density at radius 3 is 2.73 bits per heavy atom. The number of pyridine rings is 1. The Balaban J connectivity index is 1.49. The maximum atomic E-state index is 12.2. The van der Waals surface area contributed by atoms with Gasteiger partial charge in [0.1, 0.15) is 5.82 Å². The SMILES string of the molecule is Cc1cccc(NC(=O)CCNC(=O)c2ccc3c(c2)OCCCO3)n1. The zero-order valence-corrected chi connectivity index (χ0v) is 14.6. The quantitative estimate of drug-likeness (QED) is 0.859. The summed E-state index contributed by atoms with van der Waals surface area (Å²) in [7, 11) is 0. The summed E-state index contributed by atoms with van der Waals surface area (Å²) in [6.07, 6.45) is 0.965. The molecule has 2 amide bonds. The highest BCUT2D eigenvalue weighted by Crippen LogP contribution is 2.30. The minimum Gasteiger partial charge on any atom is -0.490 e. The third-order valence-corrected chi connectivity index (χ3v) is 3.80. The largest absolute Gasteiger partial charge is 0.490 e. The van der Waals surface area contributed by atoms with Crippen molar-refractivity contribution in [3.8, 4) is 11.5 Å². The first kappa shape index (κ1) is 17.7. The molecular weight excluding hydrogens is 334 g/mol. The van der Waals surface area contributed by atoms with Crippen molar-refractivity contribution in [3.63, 3.8) is 0 Å². The number of aryl methyl sites for hydroxylation is 1. The molecule has 0 fully saturated rings. The Hall–Kier alpha value is -3.09. The summed E-state index contributed by atoms with van der Waals surface area (Å²) in [6, 6.07) is 10.5. The number of hydrogen-bond acceptors (Lipinski definition) is 5. The lowest BCUT2D eigenvalue weighted by Gasteiger charge is -2.10. The van der Waals surface area contributed by atoms with E-state index >= 15 is 0 Å². The van der Waals surface area contributed by atoms with Crippen LogP contribution in [0.3, 0.4) is 0 Å². The Morgan fingerprint density at radius 2 is 1.92 bits per heavy atom. The van der Waals surface area contributed by atoms with Crippen molar-refractivity contribution in [1.82, 2.24) is 10.3 Å². The lowest BCUT2D eigenvalue weighted by molar-refractivity contribution is -0.116. The van der Waals surface area contributed by atoms with Crippen molar-refractivity contribution in [2.45, 2.75) is 19.8 Å². The van der Waals surface area contributed by atoms with Gasteiger partial charge < -0.3 is 20.1 Å². The van der Waals surface area contributed by atoms with Crippen LogP contribution >= 0.6 is 0 Å². The molecule has 0 saturated heterocycles. The molecule has 0 spiro atoms. The number of nitrogens with zero attached hydrogens (tertiary/aromatic N) is 1. The fourth-order valence-electron chi connectivity index (χ4n) is 2.51. The molecule has 7 heteroatoms. The van der Waals surface area contributed by atoms with Gasteiger partial charge in [-0.2, -0.15) is 0 Å². The van der Waals surface area contributed by atoms with E-state index in [1.807, 2.05) is 19.1 Å². The van der Waals surface area contributed by atoms with E-state index in [4.69, 9.17) is 9.47 Å². The molecule has 0 aliphatic carbocycles. The summed E-state index contributed by atoms with van der Waals surface area (Å²) >= 11 is 0. The molecule has 0 saturated carbocycles. The van der Waals surface area contributed by atoms with E-state index in [1.54, 1.807) is 24.3 Å². The maximum absolute atomic E-state index is 12.2. The maximum Gasteiger partial charge on any atom is 0.251 e. The predicted octanol–water partition coefficient (Wildman–Crippen LogP) is 2.31. The fraction of sp³-hybridized carbons (Fsp3) is 0.316. The summed E-state index contributed by atoms with van der Waals surface area (Å²) in [5.41, 5.74) is 1.29. The Labute approximate surface area is 151 Å². The third kappa shape index (κ3) is 4.72. The highest BCUT2D eigenvalue weighted by molar-refractivity contribution is 5.95. The van der Waals surface area contributed by atoms with Gasteiger partial charge in [0, 0.05) is 30.6 Å². The molecule has 2 N–H and O–H groups in total. The van der Waals surface area contributed by atoms with E-state index in [-0.39, 0.29) is 24.8 Å². The standard InChI is InChI=1S/C19H21N3O4/c1-13-4-2-5-17(21-13)22-18(23)8-9-20-19(24)14-6-7-15-16(12-14)26-11-3-10-25-15/h2,4-7,12H,3,8-11H2,1H3,(H,20,24)(H,21,22,23). The lowest BCUT2D eigenvalue weighted by Crippen LogP contribution is -2.27. The van der Waals surface area contributed by atoms with Crippen LogP contribution in [-0.2, 0) is 4.79 Å². The van der Waals surface area contributed by atoms with Crippen LogP contribution in [0.2, 0.25) is 0 Å². The summed E-state index contributed by atoms with van der Waals surface area (Å²) in [5.74, 6) is 1.25. The van der Waals surface area contributed by atoms with Crippen LogP contribution in [0.5, 0.6) is 11.5 Å². The van der Waals surface area contributed by atoms with Crippen LogP contribution in [0.1, 0.15) is 28.9 Å². The third-order valence-electron chi connectivity index (χ3n) is 3.80. The smallest absolute Gasteiger partial charge is 0.251 e. The molecule has 136 valence electrons. The molecule has 0 radical (unpaired) electrons. The van der Waals surface area contributed by atoms with Crippen LogP contribution in [0, 0.1) is 6.92 Å². The summed E-state index contributed by atoms with van der Waals surface area (Å²) in [6.45, 7) is 3.24. The van der Waals surface area contributed by atoms with E-state index in [0.717, 1.165) is 12.1 Å². The van der Waals surface area contributed by atoms with Crippen LogP contribution in [0.4, 0.5) is 5.82 Å². The van der Waals surface area contributed by atoms with Gasteiger partial charge in [-0.3, -0.25) is 9.59 Å². The van der Waals surface area contributed by atoms with Gasteiger partial charge in [-0.1, -0.05) is 6.07 Å². The number of carbonyl (C=O) groups excluding carboxylic acids is 2. The number of benzene rings is 1. The lowest BCUT2D eigenvalue weighted by atomic mass is 10.2. The van der Waals surface area contributed by atoms with Crippen LogP contribution in [-0.4, -0.2) is 36.6 Å². The predicted molar refractivity (Wildman–Crippen MR) is 96.6 cm³/mol. The van der Waals surface area contributed by atoms with Crippen molar-refractivity contribution in [2.75, 3.05) is 25.1 Å². The van der Waals surface area contributed by atoms with Crippen molar-refractivity contribution >= 4 is 17.6 Å². The van der Waals surface area contributed by atoms with E-state index < -0.39 is 0 Å². The summed E-state index contributed by atoms with van der Waals surface area (Å²) < 4.78 is 11.1. The molecule has 26 heavy (non-hydrogen) atoms. The number of ether oxygens (including phenoxy) is 2. The molecule has 0 bridgehead atoms. The molecular formula is C19H21N3O4. The number of fused-ring (bicyclic) bond motifs is 1. The van der Waals surface area contributed by atoms with E-state index in [0.29, 0.717) is 36.1 Å². The second kappa shape index (κ2) is 8.33. The topological polar surface area (TPSA) is 89.6 Å². The van der Waals surface area contributed by atoms with Gasteiger partial charge in [-0.25, -0.2) is 4.98 Å². The zero-order valence-electron chi connectivity index (χ0n) is 14.6. The van der Waals surface area contributed by atoms with Crippen LogP contribution in [0.15, 0.2) is 36.4 Å². The molecule has 1 aliphatic rings. The van der Waals surface area contributed by atoms with Crippen molar-refractivity contribution in [2.24, 2.45) is 0 Å². The first-order valence-electron chi connectivity index (χ1n) is 8.53. The van der Waals surface area contributed by atoms with Gasteiger partial charge in [-0.15, -0.1) is 0 Å². The van der Waals surface area contributed by atoms with Crippen LogP contribution in [0.25, 0.3) is 0 Å². The molecule has 2 heterocycles. The van der Waals surface area contributed by atoms with Gasteiger partial charge in [-0.05, 0) is 37.3 Å². The van der Waals surface area contributed by atoms with Gasteiger partial charge in [0.25, 0.3) is 5.91 Å². The second-order valence-electron chi connectivity index (χ2n) is 5.93. The normalized spacial score (nSPS) is 12.8. The molecule has 7 nitrogen and oxygen atoms in total. The van der Waals surface area contributed by atoms with Gasteiger partial charge in [0.2, 0.25) is 5.91 Å². The number of hydrogen-bond donors (Lipinski definition) is 2. The number of aromatic nitrogens is 1. The van der Waals surface area contributed by atoms with Crippen molar-refractivity contribution < 1.29 is 19.1 Å². The molecule has 0 atom stereocenters. The van der Waals surface area contributed by atoms with Crippen LogP contribution < -0.4 is 20.1 Å². The molecule has 0 unspecified atom stereocenters. The first-order chi connectivity index (χ1) is 12.6. The van der Waals surface area contributed by atoms with E-state index in [1.165, 1.54) is 0 Å². The zero-order chi connectivity index (χ0) is 18.4. The summed E-state index contributed by atoms with van der Waals surface area (Å²) in [4.78, 5) is 28.4. The second-order valence-corrected chi connectivity index (χ2v) is 5.93. The molecule has 1 aromatic heterocycles. The minimum atomic E-state index is -0.262. The van der Waals surface area contributed by atoms with E-state index in [2.05, 4.69) is 15.6 Å². The number of nitrogens with one attached hydrogen (secondary N) is 2. The highest BCUT2D eigenvalue weighted by Gasteiger charge is 2.14. The van der Waals surface area contributed by atoms with Gasteiger partial charge >= 0.3 is 0 Å². The monoisotopic (exact) mass is 355 g/mol. The number of amides is 2. The molecule has 1 aliphatic heterocycles. The molecule has 3 rings (SSSR count). The number of carbonyl (C=O) groups is 2. The Bertz CT molecular complexity index is 807. The van der Waals surface area contributed by atoms with Gasteiger partial charge in [0.05, 0.1) is 13.2 Å². The average molecular weight is 355 g/mol. The molecule has 2 aromatic rings. The highest BCUT2D eigenvalue weighted by atomic mass is 16.5. The van der Waals surface area contributed by atoms with Crippen molar-refractivity contribution in [1.29, 1.82) is 0 Å². The average Bonchev–Trinajstić information content (AvgIpc) is 2.86. The Morgan fingerprint density at radius 1 is 1.12 bits per heavy atom. The van der Waals surface area contributed by atoms with E-state index in [9.17, 15) is 9.59 Å². The van der Waals surface area contributed by atoms with Crippen molar-refractivity contribution in [3.05, 3.63) is 47.7 Å². The number of anilines is 1. The minimum absolute atomic E-state index is 0.159. The molecule has 1 aromatic carbocycles. The Kier molecular flexibility index (Phi) is 5.68. The first-order valence-corrected chi connectivity index (χ1v) is 8.53. The fourth-order valence-corrected chi connectivity index (χ4v) is 2.51.